The predicted octanol–water partition coefficient (Wildman–Crippen LogP) is 1.66. The third-order valence-corrected chi connectivity index (χ3v) is 4.42. The summed E-state index contributed by atoms with van der Waals surface area (Å²) in [5.41, 5.74) is -1.22. The molecule has 2 rings (SSSR count). The number of urea groups is 1. The van der Waals surface area contributed by atoms with Crippen molar-refractivity contribution in [3.05, 3.63) is 29.6 Å². The summed E-state index contributed by atoms with van der Waals surface area (Å²) in [6.45, 7) is 2.96. The highest BCUT2D eigenvalue weighted by Gasteiger charge is 2.49. The Morgan fingerprint density at radius 1 is 1.27 bits per heavy atom. The second-order valence-corrected chi connectivity index (χ2v) is 5.85. The fraction of sp³-hybridized carbons (Fsp3) is 0.412. The summed E-state index contributed by atoms with van der Waals surface area (Å²) in [5.74, 6) is -2.71. The van der Waals surface area contributed by atoms with Crippen molar-refractivity contribution in [2.24, 2.45) is 0 Å². The summed E-state index contributed by atoms with van der Waals surface area (Å²) in [5, 5.41) is 4.87. The lowest BCUT2D eigenvalue weighted by molar-refractivity contribution is -0.134. The van der Waals surface area contributed by atoms with E-state index >= 15 is 0 Å². The highest BCUT2D eigenvalue weighted by atomic mass is 19.1. The fourth-order valence-corrected chi connectivity index (χ4v) is 2.75. The zero-order valence-corrected chi connectivity index (χ0v) is 14.7. The van der Waals surface area contributed by atoms with Crippen molar-refractivity contribution in [1.29, 1.82) is 0 Å². The number of hydrogen-bond acceptors (Lipinski definition) is 5. The first-order chi connectivity index (χ1) is 12.3. The van der Waals surface area contributed by atoms with Gasteiger partial charge < -0.3 is 15.4 Å². The van der Waals surface area contributed by atoms with Crippen LogP contribution < -0.4 is 10.6 Å². The van der Waals surface area contributed by atoms with Crippen molar-refractivity contribution in [3.8, 4) is 0 Å². The van der Waals surface area contributed by atoms with E-state index in [2.05, 4.69) is 15.4 Å². The van der Waals surface area contributed by atoms with Gasteiger partial charge in [0.1, 0.15) is 17.9 Å². The highest BCUT2D eigenvalue weighted by molar-refractivity contribution is 6.10. The molecule has 1 aliphatic rings. The van der Waals surface area contributed by atoms with Gasteiger partial charge in [-0.05, 0) is 31.0 Å². The zero-order chi connectivity index (χ0) is 19.5. The van der Waals surface area contributed by atoms with Crippen LogP contribution in [0.4, 0.5) is 14.9 Å². The molecule has 0 aliphatic carbocycles. The lowest BCUT2D eigenvalue weighted by Gasteiger charge is -2.23. The summed E-state index contributed by atoms with van der Waals surface area (Å²) < 4.78 is 18.4. The zero-order valence-electron chi connectivity index (χ0n) is 14.7. The summed E-state index contributed by atoms with van der Waals surface area (Å²) in [6.07, 6.45) is 0.782. The van der Waals surface area contributed by atoms with E-state index in [9.17, 15) is 23.6 Å². The number of benzene rings is 1. The number of rotatable bonds is 6. The van der Waals surface area contributed by atoms with E-state index in [1.54, 1.807) is 13.8 Å². The maximum atomic E-state index is 13.9. The van der Waals surface area contributed by atoms with Crippen LogP contribution in [-0.2, 0) is 14.3 Å². The number of imide groups is 1. The fourth-order valence-electron chi connectivity index (χ4n) is 2.75. The van der Waals surface area contributed by atoms with Crippen LogP contribution in [0.15, 0.2) is 18.2 Å². The molecule has 8 nitrogen and oxygen atoms in total. The number of anilines is 1. The third kappa shape index (κ3) is 3.51. The molecular weight excluding hydrogens is 345 g/mol. The first-order valence-electron chi connectivity index (χ1n) is 8.09. The molecule has 1 aromatic rings. The molecule has 0 radical (unpaired) electrons. The summed E-state index contributed by atoms with van der Waals surface area (Å²) in [4.78, 5) is 49.0. The Bertz CT molecular complexity index is 761. The number of nitrogens with one attached hydrogen (secondary N) is 2. The molecule has 9 heteroatoms. The van der Waals surface area contributed by atoms with Gasteiger partial charge in [-0.25, -0.2) is 14.0 Å². The lowest BCUT2D eigenvalue weighted by Crippen LogP contribution is -2.46. The van der Waals surface area contributed by atoms with Crippen LogP contribution >= 0.6 is 0 Å². The first kappa shape index (κ1) is 19.4. The van der Waals surface area contributed by atoms with E-state index in [1.807, 2.05) is 0 Å². The summed E-state index contributed by atoms with van der Waals surface area (Å²) in [7, 11) is 1.18. The van der Waals surface area contributed by atoms with Gasteiger partial charge in [-0.2, -0.15) is 0 Å². The van der Waals surface area contributed by atoms with Crippen LogP contribution in [0.1, 0.15) is 37.0 Å². The minimum atomic E-state index is -1.02. The molecule has 26 heavy (non-hydrogen) atoms. The molecule has 0 spiro atoms. The average Bonchev–Trinajstić information content (AvgIpc) is 2.87. The Morgan fingerprint density at radius 2 is 1.92 bits per heavy atom. The molecule has 1 aliphatic heterocycles. The Balaban J connectivity index is 2.13. The SMILES string of the molecule is CCC1(CC)NC(=O)N(CC(=O)Nc2cc(C(=O)OC)ccc2F)C1=O. The van der Waals surface area contributed by atoms with Gasteiger partial charge in [0.25, 0.3) is 5.91 Å². The smallest absolute Gasteiger partial charge is 0.337 e. The Kier molecular flexibility index (Phi) is 5.59. The molecule has 140 valence electrons. The average molecular weight is 365 g/mol. The number of hydrogen-bond donors (Lipinski definition) is 2. The van der Waals surface area contributed by atoms with Crippen molar-refractivity contribution in [1.82, 2.24) is 10.2 Å². The van der Waals surface area contributed by atoms with Crippen molar-refractivity contribution in [2.45, 2.75) is 32.2 Å². The largest absolute Gasteiger partial charge is 0.465 e. The van der Waals surface area contributed by atoms with E-state index in [1.165, 1.54) is 13.2 Å². The number of halogens is 1. The van der Waals surface area contributed by atoms with Gasteiger partial charge in [0.05, 0.1) is 18.4 Å². The van der Waals surface area contributed by atoms with E-state index in [0.29, 0.717) is 12.8 Å². The number of amides is 4. The number of carbonyl (C=O) groups excluding carboxylic acids is 4. The molecule has 0 aromatic heterocycles. The van der Waals surface area contributed by atoms with Gasteiger partial charge in [0.2, 0.25) is 5.91 Å². The normalized spacial score (nSPS) is 15.6. The molecule has 1 fully saturated rings. The van der Waals surface area contributed by atoms with Gasteiger partial charge >= 0.3 is 12.0 Å². The van der Waals surface area contributed by atoms with Crippen LogP contribution in [0.5, 0.6) is 0 Å². The topological polar surface area (TPSA) is 105 Å². The maximum absolute atomic E-state index is 13.9. The second kappa shape index (κ2) is 7.51. The van der Waals surface area contributed by atoms with Gasteiger partial charge in [-0.15, -0.1) is 0 Å². The molecule has 0 saturated carbocycles. The molecule has 0 unspecified atom stereocenters. The molecule has 2 N–H and O–H groups in total. The van der Waals surface area contributed by atoms with E-state index in [-0.39, 0.29) is 11.3 Å². The number of ether oxygens (including phenoxy) is 1. The first-order valence-corrected chi connectivity index (χ1v) is 8.09. The van der Waals surface area contributed by atoms with Crippen molar-refractivity contribution < 1.29 is 28.3 Å². The van der Waals surface area contributed by atoms with E-state index < -0.39 is 41.7 Å². The van der Waals surface area contributed by atoms with Crippen molar-refractivity contribution in [2.75, 3.05) is 19.0 Å². The van der Waals surface area contributed by atoms with Crippen LogP contribution in [-0.4, -0.2) is 47.9 Å². The third-order valence-electron chi connectivity index (χ3n) is 4.42. The van der Waals surface area contributed by atoms with Crippen LogP contribution in [0.3, 0.4) is 0 Å². The Labute approximate surface area is 149 Å². The van der Waals surface area contributed by atoms with Gasteiger partial charge in [0.15, 0.2) is 0 Å². The lowest BCUT2D eigenvalue weighted by atomic mass is 9.93. The number of esters is 1. The highest BCUT2D eigenvalue weighted by Crippen LogP contribution is 2.25. The molecule has 0 bridgehead atoms. The van der Waals surface area contributed by atoms with Crippen molar-refractivity contribution >= 4 is 29.5 Å². The second-order valence-electron chi connectivity index (χ2n) is 5.85. The standard InChI is InChI=1S/C17H20FN3O5/c1-4-17(5-2)15(24)21(16(25)20-17)9-13(22)19-12-8-10(14(23)26-3)6-7-11(12)18/h6-8H,4-5,9H2,1-3H3,(H,19,22)(H,20,25). The molecule has 4 amide bonds. The Morgan fingerprint density at radius 3 is 2.46 bits per heavy atom. The number of nitrogens with zero attached hydrogens (tertiary/aromatic N) is 1. The predicted molar refractivity (Wildman–Crippen MR) is 89.9 cm³/mol. The maximum Gasteiger partial charge on any atom is 0.337 e. The van der Waals surface area contributed by atoms with Crippen LogP contribution in [0.2, 0.25) is 0 Å². The van der Waals surface area contributed by atoms with E-state index in [4.69, 9.17) is 0 Å². The number of carbonyl (C=O) groups is 4. The summed E-state index contributed by atoms with van der Waals surface area (Å²) >= 11 is 0. The quantitative estimate of drug-likeness (QED) is 0.589. The van der Waals surface area contributed by atoms with Crippen LogP contribution in [0, 0.1) is 5.82 Å². The van der Waals surface area contributed by atoms with Gasteiger partial charge in [-0.1, -0.05) is 13.8 Å². The number of methoxy groups -OCH3 is 1. The molecule has 1 saturated heterocycles. The Hall–Kier alpha value is -2.97. The minimum Gasteiger partial charge on any atom is -0.465 e. The minimum absolute atomic E-state index is 0.0511. The van der Waals surface area contributed by atoms with Gasteiger partial charge in [0, 0.05) is 0 Å². The molecule has 1 aromatic carbocycles. The molecular formula is C17H20FN3O5. The van der Waals surface area contributed by atoms with Gasteiger partial charge in [-0.3, -0.25) is 14.5 Å². The van der Waals surface area contributed by atoms with Crippen LogP contribution in [0.25, 0.3) is 0 Å². The monoisotopic (exact) mass is 365 g/mol. The van der Waals surface area contributed by atoms with E-state index in [0.717, 1.165) is 17.0 Å². The molecule has 0 atom stereocenters. The molecule has 1 heterocycles. The summed E-state index contributed by atoms with van der Waals surface area (Å²) in [6, 6.07) is 2.67. The van der Waals surface area contributed by atoms with Crippen molar-refractivity contribution in [3.63, 3.8) is 0 Å².